The summed E-state index contributed by atoms with van der Waals surface area (Å²) in [6.07, 6.45) is 0. The molecule has 5 aromatic rings. The average molecular weight is 1160 g/mol. The molecule has 0 atom stereocenters. The second kappa shape index (κ2) is 25.5. The zero-order chi connectivity index (χ0) is 41.9. The molecule has 5 aromatic carbocycles. The minimum Gasteiger partial charge on any atom is -1.00 e. The van der Waals surface area contributed by atoms with Gasteiger partial charge in [0.15, 0.2) is 0 Å². The molecule has 0 aliphatic carbocycles. The van der Waals surface area contributed by atoms with Crippen LogP contribution < -0.4 is 27.4 Å². The Balaban J connectivity index is 0. The van der Waals surface area contributed by atoms with Gasteiger partial charge >= 0.3 is 23.1 Å². The molecule has 15 heteroatoms. The first kappa shape index (κ1) is 58.7. The van der Waals surface area contributed by atoms with Crippen LogP contribution in [0.15, 0.2) is 122 Å². The zero-order valence-electron chi connectivity index (χ0n) is 34.4. The van der Waals surface area contributed by atoms with E-state index in [1.54, 1.807) is 24.3 Å². The number of aryl methyl sites for hydroxylation is 5. The van der Waals surface area contributed by atoms with Gasteiger partial charge in [0.25, 0.3) is 9.05 Å². The molecule has 0 heterocycles. The van der Waals surface area contributed by atoms with Crippen molar-refractivity contribution in [2.24, 2.45) is 5.73 Å². The average Bonchev–Trinajstić information content (AvgIpc) is 3.08. The van der Waals surface area contributed by atoms with Crippen molar-refractivity contribution in [1.29, 1.82) is 5.26 Å². The third-order valence-electron chi connectivity index (χ3n) is 8.07. The van der Waals surface area contributed by atoms with Crippen molar-refractivity contribution in [2.45, 2.75) is 83.2 Å². The predicted octanol–water partition coefficient (Wildman–Crippen LogP) is 8.70. The Kier molecular flexibility index (Phi) is 25.9. The van der Waals surface area contributed by atoms with Crippen LogP contribution in [-0.2, 0) is 30.2 Å². The van der Waals surface area contributed by atoms with Crippen molar-refractivity contribution in [3.63, 3.8) is 0 Å². The molecule has 0 aliphatic heterocycles. The summed E-state index contributed by atoms with van der Waals surface area (Å²) in [7, 11) is -2.03. The first-order valence-corrected chi connectivity index (χ1v) is 23.3. The Labute approximate surface area is 409 Å². The molecule has 0 saturated heterocycles. The Bertz CT molecular complexity index is 2390. The SMILES string of the molecule is Cc1ccc(C#N)cc1I.Cc1ccc(C(C)(C)N)cc1Br.Cc1cccc(S(=O)(=O)Cl)c1.Cc1cccc(S(=O)(=O)NC(C)(C)c2ccc(C)c(Br)c2)c1.[Br-].[CH3-].[Mg+2]. The van der Waals surface area contributed by atoms with E-state index in [2.05, 4.69) is 90.4 Å². The first-order chi connectivity index (χ1) is 25.3. The predicted molar refractivity (Wildman–Crippen MR) is 254 cm³/mol. The van der Waals surface area contributed by atoms with E-state index < -0.39 is 24.6 Å². The molecule has 0 amide bonds. The molecule has 0 fully saturated rings. The van der Waals surface area contributed by atoms with Crippen LogP contribution in [0.1, 0.15) is 72.2 Å². The van der Waals surface area contributed by atoms with Gasteiger partial charge in [-0.2, -0.15) is 5.26 Å². The third-order valence-corrected chi connectivity index (χ3v) is 13.9. The number of hydrogen-bond acceptors (Lipinski definition) is 6. The quantitative estimate of drug-likeness (QED) is 0.0758. The van der Waals surface area contributed by atoms with E-state index in [0.717, 1.165) is 45.9 Å². The number of benzene rings is 5. The van der Waals surface area contributed by atoms with Crippen LogP contribution in [0.4, 0.5) is 0 Å². The van der Waals surface area contributed by atoms with Crippen LogP contribution in [0.5, 0.6) is 0 Å². The second-order valence-corrected chi connectivity index (χ2v) is 21.1. The molecular formula is C43H50Br3ClIMgN3O4S2. The summed E-state index contributed by atoms with van der Waals surface area (Å²) in [5.41, 5.74) is 13.1. The molecule has 58 heavy (non-hydrogen) atoms. The molecule has 310 valence electrons. The number of nitrogens with two attached hydrogens (primary N) is 1. The van der Waals surface area contributed by atoms with Gasteiger partial charge in [-0.15, -0.1) is 0 Å². The molecular weight excluding hydrogens is 1110 g/mol. The number of halogens is 5. The Morgan fingerprint density at radius 2 is 1.12 bits per heavy atom. The van der Waals surface area contributed by atoms with Crippen LogP contribution in [0, 0.1) is 56.9 Å². The summed E-state index contributed by atoms with van der Waals surface area (Å²) in [5.74, 6) is 0. The van der Waals surface area contributed by atoms with E-state index in [4.69, 9.17) is 21.7 Å². The van der Waals surface area contributed by atoms with Crippen molar-refractivity contribution < 1.29 is 33.8 Å². The van der Waals surface area contributed by atoms with Gasteiger partial charge in [0, 0.05) is 28.7 Å². The number of sulfonamides is 1. The van der Waals surface area contributed by atoms with Gasteiger partial charge in [-0.3, -0.25) is 0 Å². The molecule has 0 radical (unpaired) electrons. The fraction of sp³-hybridized carbons (Fsp3) is 0.256. The first-order valence-electron chi connectivity index (χ1n) is 16.9. The topological polar surface area (TPSA) is 130 Å². The van der Waals surface area contributed by atoms with Crippen LogP contribution >= 0.6 is 65.1 Å². The molecule has 7 nitrogen and oxygen atoms in total. The number of nitrogens with zero attached hydrogens (tertiary/aromatic N) is 1. The van der Waals surface area contributed by atoms with Gasteiger partial charge in [0.05, 0.1) is 27.0 Å². The minimum absolute atomic E-state index is 0. The molecule has 0 aromatic heterocycles. The summed E-state index contributed by atoms with van der Waals surface area (Å²) < 4.78 is 52.7. The van der Waals surface area contributed by atoms with Crippen molar-refractivity contribution in [3.05, 3.63) is 168 Å². The van der Waals surface area contributed by atoms with Gasteiger partial charge < -0.3 is 30.1 Å². The zero-order valence-corrected chi connectivity index (χ0v) is 45.1. The molecule has 0 aliphatic rings. The van der Waals surface area contributed by atoms with Crippen LogP contribution in [-0.4, -0.2) is 39.9 Å². The van der Waals surface area contributed by atoms with E-state index >= 15 is 0 Å². The van der Waals surface area contributed by atoms with Gasteiger partial charge in [0.1, 0.15) is 0 Å². The molecule has 0 bridgehead atoms. The molecule has 0 spiro atoms. The van der Waals surface area contributed by atoms with Crippen LogP contribution in [0.25, 0.3) is 0 Å². The second-order valence-electron chi connectivity index (χ2n) is 14.0. The summed E-state index contributed by atoms with van der Waals surface area (Å²) in [6, 6.07) is 33.2. The van der Waals surface area contributed by atoms with E-state index in [1.165, 1.54) is 23.3 Å². The molecule has 0 unspecified atom stereocenters. The third kappa shape index (κ3) is 19.6. The number of nitrogens with one attached hydrogen (secondary N) is 1. The fourth-order valence-corrected chi connectivity index (χ4v) is 8.28. The van der Waals surface area contributed by atoms with Crippen molar-refractivity contribution in [3.8, 4) is 6.07 Å². The summed E-state index contributed by atoms with van der Waals surface area (Å²) >= 11 is 9.20. The van der Waals surface area contributed by atoms with Gasteiger partial charge in [-0.1, -0.05) is 86.5 Å². The Morgan fingerprint density at radius 3 is 1.52 bits per heavy atom. The van der Waals surface area contributed by atoms with Crippen LogP contribution in [0.3, 0.4) is 0 Å². The summed E-state index contributed by atoms with van der Waals surface area (Å²) in [5, 5.41) is 8.50. The number of rotatable bonds is 6. The van der Waals surface area contributed by atoms with E-state index in [1.807, 2.05) is 104 Å². The maximum atomic E-state index is 12.6. The van der Waals surface area contributed by atoms with E-state index in [-0.39, 0.29) is 62.8 Å². The fourth-order valence-electron chi connectivity index (χ4n) is 4.64. The van der Waals surface area contributed by atoms with E-state index in [0.29, 0.717) is 0 Å². The summed E-state index contributed by atoms with van der Waals surface area (Å²) in [6.45, 7) is 17.5. The van der Waals surface area contributed by atoms with Crippen molar-refractivity contribution >= 4 is 107 Å². The number of hydrogen-bond donors (Lipinski definition) is 2. The molecule has 3 N–H and O–H groups in total. The van der Waals surface area contributed by atoms with E-state index in [9.17, 15) is 16.8 Å². The maximum absolute atomic E-state index is 12.6. The number of nitriles is 1. The Hall–Kier alpha value is -1.36. The maximum Gasteiger partial charge on any atom is 2.00 e. The molecule has 5 rings (SSSR count). The van der Waals surface area contributed by atoms with Crippen LogP contribution in [0.2, 0.25) is 0 Å². The normalized spacial score (nSPS) is 10.8. The van der Waals surface area contributed by atoms with Gasteiger partial charge in [0.2, 0.25) is 10.0 Å². The van der Waals surface area contributed by atoms with Gasteiger partial charge in [-0.05, 0) is 172 Å². The van der Waals surface area contributed by atoms with Gasteiger partial charge in [-0.25, -0.2) is 21.6 Å². The Morgan fingerprint density at radius 1 is 0.690 bits per heavy atom. The molecule has 0 saturated carbocycles. The van der Waals surface area contributed by atoms with Crippen molar-refractivity contribution in [1.82, 2.24) is 4.72 Å². The smallest absolute Gasteiger partial charge is 1.00 e. The van der Waals surface area contributed by atoms with Crippen molar-refractivity contribution in [2.75, 3.05) is 0 Å². The largest absolute Gasteiger partial charge is 2.00 e. The monoisotopic (exact) mass is 1160 g/mol. The standard InChI is InChI=1S/C17H20BrNO2S.C10H14BrN.C8H6IN.C7H7ClO2S.CH3.BrH.Mg/c1-12-6-5-7-15(10-12)22(20,21)19-17(3,4)14-9-8-13(2)16(18)11-14;1-7-4-5-8(6-9(7)11)10(2,3)12;1-6-2-3-7(5-10)4-8(6)9;1-6-3-2-4-7(5-6)11(8,9)10;;;/h5-11,19H,1-4H3;4-6H,12H2,1-3H3;2-4H,1H3;2-5H,1H3;1H3;1H;/q;;;;-1;;+2/p-1. The minimum atomic E-state index is -3.58. The summed E-state index contributed by atoms with van der Waals surface area (Å²) in [4.78, 5) is 0.436.